The molecule has 8 nitrogen and oxygen atoms in total. The number of aliphatic carboxylic acids is 1. The van der Waals surface area contributed by atoms with E-state index in [2.05, 4.69) is 10.6 Å². The maximum atomic E-state index is 10.7. The van der Waals surface area contributed by atoms with Gasteiger partial charge in [0.15, 0.2) is 0 Å². The number of carboxylic acids is 1. The van der Waals surface area contributed by atoms with Gasteiger partial charge in [-0.05, 0) is 0 Å². The van der Waals surface area contributed by atoms with Crippen molar-refractivity contribution >= 4 is 17.8 Å². The van der Waals surface area contributed by atoms with Crippen molar-refractivity contribution in [3.8, 4) is 0 Å². The number of rotatable bonds is 9. The number of nitrogens with one attached hydrogen (secondary N) is 2. The van der Waals surface area contributed by atoms with Crippen LogP contribution in [0.3, 0.4) is 0 Å². The highest BCUT2D eigenvalue weighted by Gasteiger charge is 2.17. The topological polar surface area (TPSA) is 131 Å². The quantitative estimate of drug-likeness (QED) is 0.338. The van der Waals surface area contributed by atoms with Crippen molar-refractivity contribution in [1.82, 2.24) is 10.6 Å². The molecular weight excluding hydrogens is 230 g/mol. The summed E-state index contributed by atoms with van der Waals surface area (Å²) in [6, 6.07) is -0.983. The number of nitrogens with two attached hydrogens (primary N) is 1. The molecule has 0 fully saturated rings. The Balaban J connectivity index is 3.65. The van der Waals surface area contributed by atoms with E-state index in [0.29, 0.717) is 6.54 Å². The Hall–Kier alpha value is -1.67. The van der Waals surface area contributed by atoms with Gasteiger partial charge < -0.3 is 26.2 Å². The maximum absolute atomic E-state index is 10.7. The van der Waals surface area contributed by atoms with Gasteiger partial charge in [-0.1, -0.05) is 0 Å². The average Bonchev–Trinajstić information content (AvgIpc) is 2.20. The second-order valence-corrected chi connectivity index (χ2v) is 3.31. The lowest BCUT2D eigenvalue weighted by Gasteiger charge is -2.13. The van der Waals surface area contributed by atoms with E-state index in [4.69, 9.17) is 15.6 Å². The molecule has 0 spiro atoms. The summed E-state index contributed by atoms with van der Waals surface area (Å²) in [4.78, 5) is 31.7. The van der Waals surface area contributed by atoms with Gasteiger partial charge in [-0.25, -0.2) is 4.79 Å². The fourth-order valence-corrected chi connectivity index (χ4v) is 1.01. The highest BCUT2D eigenvalue weighted by Crippen LogP contribution is 1.82. The van der Waals surface area contributed by atoms with E-state index in [0.717, 1.165) is 0 Å². The zero-order valence-corrected chi connectivity index (χ0v) is 9.56. The summed E-state index contributed by atoms with van der Waals surface area (Å²) in [7, 11) is 0. The highest BCUT2D eigenvalue weighted by atomic mass is 16.5. The SMILES string of the molecule is CC(=O)NC(CNCCOCC(N)=O)C(=O)O. The minimum absolute atomic E-state index is 0.0782. The molecule has 0 bridgehead atoms. The number of primary amides is 1. The molecule has 0 radical (unpaired) electrons. The number of hydrogen-bond donors (Lipinski definition) is 4. The molecule has 0 aromatic carbocycles. The van der Waals surface area contributed by atoms with Crippen LogP contribution in [0, 0.1) is 0 Å². The molecule has 17 heavy (non-hydrogen) atoms. The fraction of sp³-hybridized carbons (Fsp3) is 0.667. The molecule has 0 aromatic heterocycles. The molecule has 98 valence electrons. The van der Waals surface area contributed by atoms with E-state index < -0.39 is 23.8 Å². The molecule has 2 amide bonds. The molecule has 1 atom stereocenters. The lowest BCUT2D eigenvalue weighted by atomic mass is 10.3. The number of ether oxygens (including phenoxy) is 1. The van der Waals surface area contributed by atoms with Crippen LogP contribution in [-0.2, 0) is 19.1 Å². The number of amides is 2. The number of hydrogen-bond acceptors (Lipinski definition) is 5. The molecule has 0 rings (SSSR count). The van der Waals surface area contributed by atoms with Crippen molar-refractivity contribution in [1.29, 1.82) is 0 Å². The van der Waals surface area contributed by atoms with Gasteiger partial charge in [0.1, 0.15) is 12.6 Å². The van der Waals surface area contributed by atoms with Crippen LogP contribution in [0.4, 0.5) is 0 Å². The van der Waals surface area contributed by atoms with E-state index >= 15 is 0 Å². The van der Waals surface area contributed by atoms with E-state index in [1.165, 1.54) is 6.92 Å². The number of carbonyl (C=O) groups excluding carboxylic acids is 2. The first kappa shape index (κ1) is 15.3. The first-order valence-corrected chi connectivity index (χ1v) is 5.00. The molecule has 1 unspecified atom stereocenters. The Labute approximate surface area is 98.5 Å². The maximum Gasteiger partial charge on any atom is 0.327 e. The Morgan fingerprint density at radius 3 is 2.53 bits per heavy atom. The second-order valence-electron chi connectivity index (χ2n) is 3.31. The highest BCUT2D eigenvalue weighted by molar-refractivity contribution is 5.82. The summed E-state index contributed by atoms with van der Waals surface area (Å²) in [5.74, 6) is -2.10. The Morgan fingerprint density at radius 2 is 2.06 bits per heavy atom. The van der Waals surface area contributed by atoms with E-state index in [1.54, 1.807) is 0 Å². The minimum atomic E-state index is -1.12. The molecule has 0 heterocycles. The predicted molar refractivity (Wildman–Crippen MR) is 58.1 cm³/mol. The van der Waals surface area contributed by atoms with Crippen molar-refractivity contribution in [2.45, 2.75) is 13.0 Å². The second kappa shape index (κ2) is 8.48. The van der Waals surface area contributed by atoms with Crippen LogP contribution < -0.4 is 16.4 Å². The third kappa shape index (κ3) is 9.27. The molecule has 0 aliphatic rings. The summed E-state index contributed by atoms with van der Waals surface area (Å²) in [6.45, 7) is 1.74. The summed E-state index contributed by atoms with van der Waals surface area (Å²) >= 11 is 0. The largest absolute Gasteiger partial charge is 0.480 e. The summed E-state index contributed by atoms with van der Waals surface area (Å²) in [5.41, 5.74) is 4.84. The fourth-order valence-electron chi connectivity index (χ4n) is 1.01. The first-order valence-electron chi connectivity index (χ1n) is 5.00. The number of carbonyl (C=O) groups is 3. The van der Waals surface area contributed by atoms with E-state index in [9.17, 15) is 14.4 Å². The first-order chi connectivity index (χ1) is 7.93. The Bertz CT molecular complexity index is 282. The van der Waals surface area contributed by atoms with Gasteiger partial charge in [-0.15, -0.1) is 0 Å². The predicted octanol–water partition coefficient (Wildman–Crippen LogP) is -2.33. The van der Waals surface area contributed by atoms with E-state index in [1.807, 2.05) is 0 Å². The Morgan fingerprint density at radius 1 is 1.41 bits per heavy atom. The number of carboxylic acid groups (broad SMARTS) is 1. The van der Waals surface area contributed by atoms with Crippen LogP contribution in [0.25, 0.3) is 0 Å². The smallest absolute Gasteiger partial charge is 0.327 e. The van der Waals surface area contributed by atoms with Crippen molar-refractivity contribution in [3.63, 3.8) is 0 Å². The normalized spacial score (nSPS) is 11.8. The average molecular weight is 247 g/mol. The summed E-state index contributed by atoms with van der Waals surface area (Å²) in [6.07, 6.45) is 0. The Kier molecular flexibility index (Phi) is 7.65. The van der Waals surface area contributed by atoms with Crippen LogP contribution in [0.1, 0.15) is 6.92 Å². The van der Waals surface area contributed by atoms with Crippen LogP contribution >= 0.6 is 0 Å². The third-order valence-electron chi connectivity index (χ3n) is 1.69. The molecule has 0 aliphatic carbocycles. The monoisotopic (exact) mass is 247 g/mol. The van der Waals surface area contributed by atoms with Gasteiger partial charge in [0, 0.05) is 20.0 Å². The van der Waals surface area contributed by atoms with Crippen LogP contribution in [0.15, 0.2) is 0 Å². The van der Waals surface area contributed by atoms with Gasteiger partial charge in [-0.2, -0.15) is 0 Å². The van der Waals surface area contributed by atoms with Gasteiger partial charge >= 0.3 is 5.97 Å². The van der Waals surface area contributed by atoms with Gasteiger partial charge in [0.05, 0.1) is 6.61 Å². The third-order valence-corrected chi connectivity index (χ3v) is 1.69. The molecular formula is C9H17N3O5. The zero-order valence-electron chi connectivity index (χ0n) is 9.56. The lowest BCUT2D eigenvalue weighted by molar-refractivity contribution is -0.141. The van der Waals surface area contributed by atoms with Crippen LogP contribution in [0.2, 0.25) is 0 Å². The van der Waals surface area contributed by atoms with Crippen LogP contribution in [-0.4, -0.2) is 55.2 Å². The van der Waals surface area contributed by atoms with Crippen molar-refractivity contribution in [3.05, 3.63) is 0 Å². The summed E-state index contributed by atoms with van der Waals surface area (Å²) in [5, 5.41) is 13.8. The standard InChI is InChI=1S/C9H17N3O5/c1-6(13)12-7(9(15)16)4-11-2-3-17-5-8(10)14/h7,11H,2-5H2,1H3,(H2,10,14)(H,12,13)(H,15,16). The zero-order chi connectivity index (χ0) is 13.3. The van der Waals surface area contributed by atoms with Crippen molar-refractivity contribution < 1.29 is 24.2 Å². The van der Waals surface area contributed by atoms with Crippen molar-refractivity contribution in [2.24, 2.45) is 5.73 Å². The minimum Gasteiger partial charge on any atom is -0.480 e. The van der Waals surface area contributed by atoms with Gasteiger partial charge in [0.2, 0.25) is 11.8 Å². The molecule has 8 heteroatoms. The molecule has 0 saturated heterocycles. The molecule has 0 aromatic rings. The van der Waals surface area contributed by atoms with Gasteiger partial charge in [0.25, 0.3) is 0 Å². The molecule has 5 N–H and O–H groups in total. The van der Waals surface area contributed by atoms with E-state index in [-0.39, 0.29) is 19.8 Å². The molecule has 0 saturated carbocycles. The van der Waals surface area contributed by atoms with Crippen LogP contribution in [0.5, 0.6) is 0 Å². The van der Waals surface area contributed by atoms with Crippen molar-refractivity contribution in [2.75, 3.05) is 26.3 Å². The van der Waals surface area contributed by atoms with Gasteiger partial charge in [-0.3, -0.25) is 9.59 Å². The lowest BCUT2D eigenvalue weighted by Crippen LogP contribution is -2.47. The summed E-state index contributed by atoms with van der Waals surface area (Å²) < 4.78 is 4.85. The molecule has 0 aliphatic heterocycles.